The van der Waals surface area contributed by atoms with Gasteiger partial charge in [0.15, 0.2) is 0 Å². The predicted octanol–water partition coefficient (Wildman–Crippen LogP) is 4.01. The number of hydrogen-bond donors (Lipinski definition) is 1. The standard InChI is InChI=1S/C19H19NO4S/c1-12(2)14-5-7-15(8-6-14)25(23,24)20-11-17(19(21)22)16-10-13(3)4-9-18(16)20/h4-12H,1-3H3,(H,21,22). The van der Waals surface area contributed by atoms with Crippen LogP contribution in [0.1, 0.15) is 41.3 Å². The third-order valence-electron chi connectivity index (χ3n) is 4.26. The quantitative estimate of drug-likeness (QED) is 0.765. The van der Waals surface area contributed by atoms with E-state index < -0.39 is 16.0 Å². The van der Waals surface area contributed by atoms with Gasteiger partial charge in [-0.05, 0) is 42.7 Å². The molecule has 1 N–H and O–H groups in total. The van der Waals surface area contributed by atoms with Crippen LogP contribution in [0.3, 0.4) is 0 Å². The van der Waals surface area contributed by atoms with E-state index in [9.17, 15) is 18.3 Å². The summed E-state index contributed by atoms with van der Waals surface area (Å²) in [6.45, 7) is 5.90. The Labute approximate surface area is 146 Å². The highest BCUT2D eigenvalue weighted by molar-refractivity contribution is 7.90. The molecule has 0 fully saturated rings. The van der Waals surface area contributed by atoms with Gasteiger partial charge < -0.3 is 5.11 Å². The smallest absolute Gasteiger partial charge is 0.337 e. The summed E-state index contributed by atoms with van der Waals surface area (Å²) in [4.78, 5) is 11.6. The zero-order valence-corrected chi connectivity index (χ0v) is 15.0. The third-order valence-corrected chi connectivity index (χ3v) is 5.95. The molecule has 0 aliphatic carbocycles. The number of aromatic nitrogens is 1. The number of hydrogen-bond acceptors (Lipinski definition) is 3. The zero-order chi connectivity index (χ0) is 18.4. The van der Waals surface area contributed by atoms with Gasteiger partial charge >= 0.3 is 5.97 Å². The van der Waals surface area contributed by atoms with Gasteiger partial charge in [0.1, 0.15) is 0 Å². The molecule has 0 saturated carbocycles. The van der Waals surface area contributed by atoms with Crippen molar-refractivity contribution in [3.63, 3.8) is 0 Å². The van der Waals surface area contributed by atoms with Gasteiger partial charge in [-0.25, -0.2) is 17.2 Å². The van der Waals surface area contributed by atoms with E-state index in [0.717, 1.165) is 15.1 Å². The van der Waals surface area contributed by atoms with Crippen LogP contribution >= 0.6 is 0 Å². The van der Waals surface area contributed by atoms with Gasteiger partial charge in [-0.1, -0.05) is 37.6 Å². The summed E-state index contributed by atoms with van der Waals surface area (Å²) in [5.74, 6) is -0.856. The summed E-state index contributed by atoms with van der Waals surface area (Å²) in [6, 6.07) is 11.8. The molecule has 3 aromatic rings. The molecule has 0 atom stereocenters. The molecule has 25 heavy (non-hydrogen) atoms. The zero-order valence-electron chi connectivity index (χ0n) is 14.2. The maximum atomic E-state index is 13.0. The lowest BCUT2D eigenvalue weighted by atomic mass is 10.0. The van der Waals surface area contributed by atoms with E-state index in [-0.39, 0.29) is 10.5 Å². The molecule has 0 bridgehead atoms. The Kier molecular flexibility index (Phi) is 4.16. The fourth-order valence-corrected chi connectivity index (χ4v) is 4.19. The minimum atomic E-state index is -3.88. The van der Waals surface area contributed by atoms with Crippen LogP contribution in [-0.4, -0.2) is 23.5 Å². The van der Waals surface area contributed by atoms with Crippen molar-refractivity contribution in [1.29, 1.82) is 0 Å². The molecule has 0 spiro atoms. The van der Waals surface area contributed by atoms with Crippen LogP contribution < -0.4 is 0 Å². The van der Waals surface area contributed by atoms with Gasteiger partial charge in [0.25, 0.3) is 10.0 Å². The molecule has 0 aliphatic rings. The normalized spacial score (nSPS) is 12.0. The number of rotatable bonds is 4. The number of carbonyl (C=O) groups is 1. The molecule has 0 radical (unpaired) electrons. The van der Waals surface area contributed by atoms with Crippen molar-refractivity contribution in [1.82, 2.24) is 3.97 Å². The Morgan fingerprint density at radius 3 is 2.28 bits per heavy atom. The first-order chi connectivity index (χ1) is 11.7. The highest BCUT2D eigenvalue weighted by atomic mass is 32.2. The van der Waals surface area contributed by atoms with Gasteiger partial charge in [0.2, 0.25) is 0 Å². The summed E-state index contributed by atoms with van der Waals surface area (Å²) >= 11 is 0. The van der Waals surface area contributed by atoms with Crippen LogP contribution in [0, 0.1) is 6.92 Å². The average Bonchev–Trinajstić information content (AvgIpc) is 2.94. The lowest BCUT2D eigenvalue weighted by Gasteiger charge is -2.10. The number of benzene rings is 2. The van der Waals surface area contributed by atoms with Gasteiger partial charge in [-0.3, -0.25) is 0 Å². The van der Waals surface area contributed by atoms with E-state index in [1.54, 1.807) is 42.5 Å². The van der Waals surface area contributed by atoms with Crippen molar-refractivity contribution in [3.05, 3.63) is 65.4 Å². The molecule has 6 heteroatoms. The molecule has 0 unspecified atom stereocenters. The van der Waals surface area contributed by atoms with Crippen molar-refractivity contribution in [3.8, 4) is 0 Å². The van der Waals surface area contributed by atoms with Gasteiger partial charge in [-0.2, -0.15) is 0 Å². The Morgan fingerprint density at radius 2 is 1.72 bits per heavy atom. The average molecular weight is 357 g/mol. The molecular weight excluding hydrogens is 338 g/mol. The summed E-state index contributed by atoms with van der Waals surface area (Å²) in [7, 11) is -3.88. The van der Waals surface area contributed by atoms with Crippen LogP contribution in [0.2, 0.25) is 0 Å². The Bertz CT molecular complexity index is 1060. The molecule has 1 aromatic heterocycles. The molecule has 1 heterocycles. The first-order valence-corrected chi connectivity index (χ1v) is 9.36. The first kappa shape index (κ1) is 17.2. The Morgan fingerprint density at radius 1 is 1.08 bits per heavy atom. The van der Waals surface area contributed by atoms with E-state index in [1.165, 1.54) is 6.20 Å². The predicted molar refractivity (Wildman–Crippen MR) is 96.7 cm³/mol. The van der Waals surface area contributed by atoms with E-state index >= 15 is 0 Å². The highest BCUT2D eigenvalue weighted by Crippen LogP contribution is 2.27. The minimum Gasteiger partial charge on any atom is -0.478 e. The molecule has 130 valence electrons. The Hall–Kier alpha value is -2.60. The maximum absolute atomic E-state index is 13.0. The molecule has 2 aromatic carbocycles. The van der Waals surface area contributed by atoms with Gasteiger partial charge in [-0.15, -0.1) is 0 Å². The molecule has 0 amide bonds. The van der Waals surface area contributed by atoms with E-state index in [2.05, 4.69) is 0 Å². The molecular formula is C19H19NO4S. The van der Waals surface area contributed by atoms with Crippen LogP contribution in [-0.2, 0) is 10.0 Å². The van der Waals surface area contributed by atoms with Crippen LogP contribution in [0.5, 0.6) is 0 Å². The summed E-state index contributed by atoms with van der Waals surface area (Å²) < 4.78 is 27.1. The fraction of sp³-hybridized carbons (Fsp3) is 0.211. The van der Waals surface area contributed by atoms with Crippen molar-refractivity contribution in [2.75, 3.05) is 0 Å². The molecule has 0 saturated heterocycles. The number of aromatic carboxylic acids is 1. The second-order valence-corrected chi connectivity index (χ2v) is 8.21. The second-order valence-electron chi connectivity index (χ2n) is 6.39. The molecule has 3 rings (SSSR count). The maximum Gasteiger partial charge on any atom is 0.337 e. The lowest BCUT2D eigenvalue weighted by molar-refractivity contribution is 0.0699. The monoisotopic (exact) mass is 357 g/mol. The molecule has 0 aliphatic heterocycles. The lowest BCUT2D eigenvalue weighted by Crippen LogP contribution is -2.12. The SMILES string of the molecule is Cc1ccc2c(c1)c(C(=O)O)cn2S(=O)(=O)c1ccc(C(C)C)cc1. The topological polar surface area (TPSA) is 76.4 Å². The van der Waals surface area contributed by atoms with Crippen molar-refractivity contribution in [2.24, 2.45) is 0 Å². The number of aryl methyl sites for hydroxylation is 1. The first-order valence-electron chi connectivity index (χ1n) is 7.92. The largest absolute Gasteiger partial charge is 0.478 e. The third kappa shape index (κ3) is 2.93. The van der Waals surface area contributed by atoms with E-state index in [0.29, 0.717) is 16.8 Å². The number of carboxylic acid groups (broad SMARTS) is 1. The number of carboxylic acids is 1. The van der Waals surface area contributed by atoms with E-state index in [4.69, 9.17) is 0 Å². The highest BCUT2D eigenvalue weighted by Gasteiger charge is 2.23. The summed E-state index contributed by atoms with van der Waals surface area (Å²) in [5.41, 5.74) is 2.24. The molecule has 5 nitrogen and oxygen atoms in total. The van der Waals surface area contributed by atoms with Crippen molar-refractivity contribution >= 4 is 26.9 Å². The van der Waals surface area contributed by atoms with Crippen molar-refractivity contribution in [2.45, 2.75) is 31.6 Å². The Balaban J connectivity index is 2.22. The van der Waals surface area contributed by atoms with E-state index in [1.807, 2.05) is 20.8 Å². The summed E-state index contributed by atoms with van der Waals surface area (Å²) in [6.07, 6.45) is 1.18. The fourth-order valence-electron chi connectivity index (χ4n) is 2.82. The van der Waals surface area contributed by atoms with Gasteiger partial charge in [0.05, 0.1) is 16.0 Å². The van der Waals surface area contributed by atoms with Crippen molar-refractivity contribution < 1.29 is 18.3 Å². The van der Waals surface area contributed by atoms with Crippen LogP contribution in [0.4, 0.5) is 0 Å². The van der Waals surface area contributed by atoms with Gasteiger partial charge in [0, 0.05) is 11.6 Å². The number of nitrogens with zero attached hydrogens (tertiary/aromatic N) is 1. The summed E-state index contributed by atoms with van der Waals surface area (Å²) in [5, 5.41) is 9.82. The minimum absolute atomic E-state index is 0.0268. The number of fused-ring (bicyclic) bond motifs is 1. The second kappa shape index (κ2) is 6.04. The van der Waals surface area contributed by atoms with Crippen LogP contribution in [0.15, 0.2) is 53.6 Å². The van der Waals surface area contributed by atoms with Crippen LogP contribution in [0.25, 0.3) is 10.9 Å².